The molecule has 0 radical (unpaired) electrons. The molecule has 3 aromatic rings. The van der Waals surface area contributed by atoms with E-state index in [4.69, 9.17) is 27.9 Å². The average molecular weight is 351 g/mol. The van der Waals surface area contributed by atoms with Crippen molar-refractivity contribution in [2.24, 2.45) is 0 Å². The van der Waals surface area contributed by atoms with Crippen LogP contribution in [-0.2, 0) is 4.74 Å². The van der Waals surface area contributed by atoms with Gasteiger partial charge in [-0.25, -0.2) is 4.79 Å². The minimum atomic E-state index is -0.355. The number of hydrogen-bond donors (Lipinski definition) is 1. The lowest BCUT2D eigenvalue weighted by atomic mass is 10.1. The zero-order chi connectivity index (χ0) is 16.6. The molecule has 1 N–H and O–H groups in total. The molecule has 0 spiro atoms. The van der Waals surface area contributed by atoms with Crippen LogP contribution in [-0.4, -0.2) is 43.1 Å². The van der Waals surface area contributed by atoms with Gasteiger partial charge in [0.2, 0.25) is 0 Å². The van der Waals surface area contributed by atoms with Crippen LogP contribution < -0.4 is 0 Å². The van der Waals surface area contributed by atoms with E-state index < -0.39 is 0 Å². The minimum Gasteiger partial charge on any atom is -0.461 e. The van der Waals surface area contributed by atoms with E-state index in [1.807, 2.05) is 37.2 Å². The third-order valence-corrected chi connectivity index (χ3v) is 4.50. The molecule has 23 heavy (non-hydrogen) atoms. The Kier molecular flexibility index (Phi) is 4.48. The molecule has 120 valence electrons. The first-order valence-corrected chi connectivity index (χ1v) is 7.95. The topological polar surface area (TPSA) is 45.3 Å². The van der Waals surface area contributed by atoms with Crippen LogP contribution in [0.2, 0.25) is 10.0 Å². The van der Waals surface area contributed by atoms with Crippen LogP contribution in [0.5, 0.6) is 0 Å². The summed E-state index contributed by atoms with van der Waals surface area (Å²) in [6, 6.07) is 9.16. The standard InChI is InChI=1S/C17H16Cl2N2O2/c1-21(2)8-9-23-17(22)12-5-3-4-10-11-6-7-13(18)14(19)16(11)20-15(10)12/h3-7,20H,8-9H2,1-2H3. The van der Waals surface area contributed by atoms with Gasteiger partial charge in [-0.05, 0) is 26.2 Å². The predicted octanol–water partition coefficient (Wildman–Crippen LogP) is 4.35. The summed E-state index contributed by atoms with van der Waals surface area (Å²) in [7, 11) is 3.86. The van der Waals surface area contributed by atoms with Gasteiger partial charge in [-0.3, -0.25) is 0 Å². The maximum absolute atomic E-state index is 12.3. The van der Waals surface area contributed by atoms with Crippen molar-refractivity contribution >= 4 is 51.0 Å². The highest BCUT2D eigenvalue weighted by Crippen LogP contribution is 2.35. The number of aromatic amines is 1. The summed E-state index contributed by atoms with van der Waals surface area (Å²) in [4.78, 5) is 17.5. The molecule has 1 aromatic heterocycles. The van der Waals surface area contributed by atoms with Crippen molar-refractivity contribution in [2.45, 2.75) is 0 Å². The lowest BCUT2D eigenvalue weighted by molar-refractivity contribution is 0.0484. The Hall–Kier alpha value is -1.75. The Morgan fingerprint density at radius 1 is 1.13 bits per heavy atom. The molecule has 1 heterocycles. The summed E-state index contributed by atoms with van der Waals surface area (Å²) in [5.41, 5.74) is 1.92. The van der Waals surface area contributed by atoms with Crippen molar-refractivity contribution in [2.75, 3.05) is 27.2 Å². The van der Waals surface area contributed by atoms with Gasteiger partial charge < -0.3 is 14.6 Å². The molecular formula is C17H16Cl2N2O2. The molecule has 0 saturated heterocycles. The van der Waals surface area contributed by atoms with E-state index in [1.165, 1.54) is 0 Å². The van der Waals surface area contributed by atoms with E-state index in [0.717, 1.165) is 16.3 Å². The lowest BCUT2D eigenvalue weighted by Crippen LogP contribution is -2.20. The summed E-state index contributed by atoms with van der Waals surface area (Å²) in [5.74, 6) is -0.355. The highest BCUT2D eigenvalue weighted by molar-refractivity contribution is 6.45. The molecule has 0 bridgehead atoms. The van der Waals surface area contributed by atoms with E-state index in [0.29, 0.717) is 34.3 Å². The first kappa shape index (κ1) is 16.1. The van der Waals surface area contributed by atoms with Gasteiger partial charge in [-0.1, -0.05) is 41.4 Å². The summed E-state index contributed by atoms with van der Waals surface area (Å²) < 4.78 is 5.34. The SMILES string of the molecule is CN(C)CCOC(=O)c1cccc2c1[nH]c1c(Cl)c(Cl)ccc12. The van der Waals surface area contributed by atoms with E-state index in [2.05, 4.69) is 4.98 Å². The molecule has 0 unspecified atom stereocenters. The quantitative estimate of drug-likeness (QED) is 0.711. The van der Waals surface area contributed by atoms with Gasteiger partial charge in [-0.2, -0.15) is 0 Å². The number of rotatable bonds is 4. The van der Waals surface area contributed by atoms with Crippen molar-refractivity contribution < 1.29 is 9.53 Å². The van der Waals surface area contributed by atoms with Crippen molar-refractivity contribution in [3.63, 3.8) is 0 Å². The second kappa shape index (κ2) is 6.40. The Labute approximate surface area is 143 Å². The van der Waals surface area contributed by atoms with Crippen molar-refractivity contribution in [1.29, 1.82) is 0 Å². The van der Waals surface area contributed by atoms with Crippen molar-refractivity contribution in [1.82, 2.24) is 9.88 Å². The van der Waals surface area contributed by atoms with Crippen LogP contribution >= 0.6 is 23.2 Å². The van der Waals surface area contributed by atoms with Crippen LogP contribution in [0.15, 0.2) is 30.3 Å². The number of likely N-dealkylation sites (N-methyl/N-ethyl adjacent to an activating group) is 1. The fourth-order valence-corrected chi connectivity index (χ4v) is 2.87. The Morgan fingerprint density at radius 3 is 2.61 bits per heavy atom. The van der Waals surface area contributed by atoms with Crippen molar-refractivity contribution in [3.05, 3.63) is 45.9 Å². The maximum atomic E-state index is 12.3. The molecular weight excluding hydrogens is 335 g/mol. The second-order valence-electron chi connectivity index (χ2n) is 5.58. The number of hydrogen-bond acceptors (Lipinski definition) is 3. The van der Waals surface area contributed by atoms with Crippen LogP contribution in [0.4, 0.5) is 0 Å². The number of carbonyl (C=O) groups excluding carboxylic acids is 1. The smallest absolute Gasteiger partial charge is 0.340 e. The number of halogens is 2. The Balaban J connectivity index is 2.05. The number of esters is 1. The zero-order valence-electron chi connectivity index (χ0n) is 12.8. The largest absolute Gasteiger partial charge is 0.461 e. The summed E-state index contributed by atoms with van der Waals surface area (Å²) >= 11 is 12.3. The number of benzene rings is 2. The molecule has 2 aromatic carbocycles. The average Bonchev–Trinajstić information content (AvgIpc) is 2.89. The van der Waals surface area contributed by atoms with Gasteiger partial charge in [0, 0.05) is 17.3 Å². The molecule has 0 atom stereocenters. The fourth-order valence-electron chi connectivity index (χ4n) is 2.50. The van der Waals surface area contributed by atoms with Gasteiger partial charge in [0.25, 0.3) is 0 Å². The molecule has 0 amide bonds. The van der Waals surface area contributed by atoms with Gasteiger partial charge in [0.05, 0.1) is 26.6 Å². The fraction of sp³-hybridized carbons (Fsp3) is 0.235. The van der Waals surface area contributed by atoms with Crippen molar-refractivity contribution in [3.8, 4) is 0 Å². The number of nitrogens with zero attached hydrogens (tertiary/aromatic N) is 1. The molecule has 0 aliphatic carbocycles. The van der Waals surface area contributed by atoms with Crippen LogP contribution in [0.3, 0.4) is 0 Å². The van der Waals surface area contributed by atoms with Gasteiger partial charge in [0.1, 0.15) is 6.61 Å². The molecule has 0 aliphatic rings. The molecule has 0 aliphatic heterocycles. The normalized spacial score (nSPS) is 11.5. The number of carbonyl (C=O) groups is 1. The van der Waals surface area contributed by atoms with Gasteiger partial charge in [0.15, 0.2) is 0 Å². The Morgan fingerprint density at radius 2 is 1.87 bits per heavy atom. The third-order valence-electron chi connectivity index (χ3n) is 3.69. The summed E-state index contributed by atoms with van der Waals surface area (Å²) in [6.07, 6.45) is 0. The number of para-hydroxylation sites is 1. The molecule has 0 saturated carbocycles. The van der Waals surface area contributed by atoms with Crippen LogP contribution in [0.25, 0.3) is 21.8 Å². The second-order valence-corrected chi connectivity index (χ2v) is 6.36. The highest BCUT2D eigenvalue weighted by atomic mass is 35.5. The van der Waals surface area contributed by atoms with Gasteiger partial charge in [-0.15, -0.1) is 0 Å². The predicted molar refractivity (Wildman–Crippen MR) is 94.7 cm³/mol. The monoisotopic (exact) mass is 350 g/mol. The first-order chi connectivity index (χ1) is 11.0. The van der Waals surface area contributed by atoms with E-state index in [1.54, 1.807) is 12.1 Å². The van der Waals surface area contributed by atoms with E-state index in [9.17, 15) is 4.79 Å². The van der Waals surface area contributed by atoms with Crippen LogP contribution in [0.1, 0.15) is 10.4 Å². The minimum absolute atomic E-state index is 0.342. The molecule has 6 heteroatoms. The first-order valence-electron chi connectivity index (χ1n) is 7.19. The van der Waals surface area contributed by atoms with Gasteiger partial charge >= 0.3 is 5.97 Å². The molecule has 4 nitrogen and oxygen atoms in total. The molecule has 3 rings (SSSR count). The number of aromatic nitrogens is 1. The number of H-pyrrole nitrogens is 1. The van der Waals surface area contributed by atoms with Crippen LogP contribution in [0, 0.1) is 0 Å². The Bertz CT molecular complexity index is 887. The maximum Gasteiger partial charge on any atom is 0.340 e. The van der Waals surface area contributed by atoms with E-state index >= 15 is 0 Å². The summed E-state index contributed by atoms with van der Waals surface area (Å²) in [6.45, 7) is 1.02. The third kappa shape index (κ3) is 3.02. The number of ether oxygens (including phenoxy) is 1. The van der Waals surface area contributed by atoms with E-state index in [-0.39, 0.29) is 5.97 Å². The molecule has 0 fully saturated rings. The highest BCUT2D eigenvalue weighted by Gasteiger charge is 2.16. The number of nitrogens with one attached hydrogen (secondary N) is 1. The number of fused-ring (bicyclic) bond motifs is 3. The lowest BCUT2D eigenvalue weighted by Gasteiger charge is -2.10. The summed E-state index contributed by atoms with van der Waals surface area (Å²) in [5, 5.41) is 2.77. The zero-order valence-corrected chi connectivity index (χ0v) is 14.3.